The van der Waals surface area contributed by atoms with Crippen molar-refractivity contribution < 1.29 is 9.59 Å². The number of thiocarbonyl (C=S) groups is 1. The molecule has 0 unspecified atom stereocenters. The first-order valence-electron chi connectivity index (χ1n) is 7.54. The molecule has 0 radical (unpaired) electrons. The number of thioether (sulfide) groups is 1. The fourth-order valence-corrected chi connectivity index (χ4v) is 3.47. The first-order valence-corrected chi connectivity index (χ1v) is 9.55. The third-order valence-corrected chi connectivity index (χ3v) is 4.88. The highest BCUT2D eigenvalue weighted by atomic mass is 79.9. The Labute approximate surface area is 165 Å². The van der Waals surface area contributed by atoms with Gasteiger partial charge in [-0.15, -0.1) is 0 Å². The summed E-state index contributed by atoms with van der Waals surface area (Å²) < 4.78 is 0.917. The van der Waals surface area contributed by atoms with Gasteiger partial charge in [-0.1, -0.05) is 40.2 Å². The maximum absolute atomic E-state index is 12.4. The second-order valence-corrected chi connectivity index (χ2v) is 7.77. The molecule has 0 aliphatic carbocycles. The molecule has 25 heavy (non-hydrogen) atoms. The molecule has 1 heterocycles. The maximum Gasteiger partial charge on any atom is 0.293 e. The summed E-state index contributed by atoms with van der Waals surface area (Å²) in [6.45, 7) is 6.91. The van der Waals surface area contributed by atoms with Crippen molar-refractivity contribution in [3.63, 3.8) is 0 Å². The number of nitrogens with zero attached hydrogens (tertiary/aromatic N) is 1. The second kappa shape index (κ2) is 9.17. The summed E-state index contributed by atoms with van der Waals surface area (Å²) >= 11 is 9.46. The first-order chi connectivity index (χ1) is 11.9. The Balaban J connectivity index is 1.90. The summed E-state index contributed by atoms with van der Waals surface area (Å²) in [6, 6.07) is 7.55. The van der Waals surface area contributed by atoms with E-state index in [4.69, 9.17) is 12.2 Å². The SMILES string of the molecule is C=C(C)CNC(=S)NCCN1C(=O)S/C(=C\c2cccc(Br)c2)C1=O. The zero-order valence-electron chi connectivity index (χ0n) is 13.7. The van der Waals surface area contributed by atoms with Crippen LogP contribution in [0.15, 0.2) is 45.8 Å². The van der Waals surface area contributed by atoms with Crippen LogP contribution in [0, 0.1) is 0 Å². The topological polar surface area (TPSA) is 61.4 Å². The van der Waals surface area contributed by atoms with Gasteiger partial charge < -0.3 is 10.6 Å². The Hall–Kier alpha value is -1.64. The van der Waals surface area contributed by atoms with Crippen LogP contribution in [0.3, 0.4) is 0 Å². The van der Waals surface area contributed by atoms with Gasteiger partial charge >= 0.3 is 0 Å². The second-order valence-electron chi connectivity index (χ2n) is 5.45. The summed E-state index contributed by atoms with van der Waals surface area (Å²) in [5.74, 6) is -0.280. The molecule has 0 saturated carbocycles. The minimum Gasteiger partial charge on any atom is -0.361 e. The van der Waals surface area contributed by atoms with Crippen molar-refractivity contribution in [1.82, 2.24) is 15.5 Å². The number of imide groups is 1. The van der Waals surface area contributed by atoms with E-state index in [9.17, 15) is 9.59 Å². The van der Waals surface area contributed by atoms with Crippen LogP contribution in [0.2, 0.25) is 0 Å². The lowest BCUT2D eigenvalue weighted by atomic mass is 10.2. The number of rotatable bonds is 6. The van der Waals surface area contributed by atoms with E-state index in [0.29, 0.717) is 23.1 Å². The van der Waals surface area contributed by atoms with Crippen LogP contribution in [0.1, 0.15) is 12.5 Å². The van der Waals surface area contributed by atoms with E-state index >= 15 is 0 Å². The van der Waals surface area contributed by atoms with Crippen LogP contribution >= 0.6 is 39.9 Å². The van der Waals surface area contributed by atoms with Gasteiger partial charge in [-0.2, -0.15) is 0 Å². The highest BCUT2D eigenvalue weighted by molar-refractivity contribution is 9.10. The van der Waals surface area contributed by atoms with E-state index in [1.54, 1.807) is 6.08 Å². The van der Waals surface area contributed by atoms with Crippen LogP contribution in [-0.2, 0) is 4.79 Å². The van der Waals surface area contributed by atoms with Crippen molar-refractivity contribution >= 4 is 62.2 Å². The highest BCUT2D eigenvalue weighted by Gasteiger charge is 2.34. The Kier molecular flexibility index (Phi) is 7.22. The number of nitrogens with one attached hydrogen (secondary N) is 2. The van der Waals surface area contributed by atoms with E-state index in [1.165, 1.54) is 4.90 Å². The van der Waals surface area contributed by atoms with E-state index in [0.717, 1.165) is 27.4 Å². The predicted molar refractivity (Wildman–Crippen MR) is 110 cm³/mol. The molecule has 1 aliphatic heterocycles. The normalized spacial score (nSPS) is 15.6. The Bertz CT molecular complexity index is 749. The van der Waals surface area contributed by atoms with Crippen LogP contribution < -0.4 is 10.6 Å². The maximum atomic E-state index is 12.4. The van der Waals surface area contributed by atoms with Gasteiger partial charge in [0.25, 0.3) is 11.1 Å². The molecule has 132 valence electrons. The number of halogens is 1. The van der Waals surface area contributed by atoms with E-state index < -0.39 is 0 Å². The van der Waals surface area contributed by atoms with Gasteiger partial charge in [0, 0.05) is 24.1 Å². The van der Waals surface area contributed by atoms with Gasteiger partial charge in [0.2, 0.25) is 0 Å². The lowest BCUT2D eigenvalue weighted by molar-refractivity contribution is -0.122. The number of hydrogen-bond acceptors (Lipinski definition) is 4. The van der Waals surface area contributed by atoms with Gasteiger partial charge in [0.1, 0.15) is 0 Å². The molecule has 1 aromatic rings. The average molecular weight is 440 g/mol. The lowest BCUT2D eigenvalue weighted by Gasteiger charge is -2.14. The van der Waals surface area contributed by atoms with Crippen molar-refractivity contribution in [3.05, 3.63) is 51.4 Å². The Morgan fingerprint density at radius 1 is 1.40 bits per heavy atom. The number of benzene rings is 1. The average Bonchev–Trinajstić information content (AvgIpc) is 2.80. The summed E-state index contributed by atoms with van der Waals surface area (Å²) in [5, 5.41) is 6.17. The molecule has 5 nitrogen and oxygen atoms in total. The van der Waals surface area contributed by atoms with Crippen molar-refractivity contribution in [3.8, 4) is 0 Å². The van der Waals surface area contributed by atoms with Crippen molar-refractivity contribution in [2.45, 2.75) is 6.92 Å². The van der Waals surface area contributed by atoms with E-state index in [1.807, 2.05) is 31.2 Å². The summed E-state index contributed by atoms with van der Waals surface area (Å²) in [6.07, 6.45) is 1.72. The monoisotopic (exact) mass is 439 g/mol. The van der Waals surface area contributed by atoms with Crippen LogP contribution in [0.4, 0.5) is 4.79 Å². The molecule has 1 fully saturated rings. The van der Waals surface area contributed by atoms with Gasteiger partial charge in [0.05, 0.1) is 4.91 Å². The van der Waals surface area contributed by atoms with Crippen molar-refractivity contribution in [2.75, 3.05) is 19.6 Å². The van der Waals surface area contributed by atoms with Crippen LogP contribution in [0.25, 0.3) is 6.08 Å². The van der Waals surface area contributed by atoms with E-state index in [-0.39, 0.29) is 17.7 Å². The minimum absolute atomic E-state index is 0.259. The predicted octanol–water partition coefficient (Wildman–Crippen LogP) is 3.53. The molecule has 1 saturated heterocycles. The summed E-state index contributed by atoms with van der Waals surface area (Å²) in [7, 11) is 0. The molecule has 1 aromatic carbocycles. The molecular weight excluding hydrogens is 422 g/mol. The lowest BCUT2D eigenvalue weighted by Crippen LogP contribution is -2.41. The standard InChI is InChI=1S/C17H18BrN3O2S2/c1-11(2)10-20-16(24)19-6-7-21-15(22)14(25-17(21)23)9-12-4-3-5-13(18)8-12/h3-5,8-9H,1,6-7,10H2,2H3,(H2,19,20,24)/b14-9-. The molecule has 2 amide bonds. The number of amides is 2. The summed E-state index contributed by atoms with van der Waals surface area (Å²) in [5.41, 5.74) is 1.83. The summed E-state index contributed by atoms with van der Waals surface area (Å²) in [4.78, 5) is 26.1. The molecule has 8 heteroatoms. The molecular formula is C17H18BrN3O2S2. The molecule has 0 spiro atoms. The first kappa shape index (κ1) is 19.7. The molecule has 2 rings (SSSR count). The number of carbonyl (C=O) groups is 2. The van der Waals surface area contributed by atoms with E-state index in [2.05, 4.69) is 33.1 Å². The van der Waals surface area contributed by atoms with Crippen molar-refractivity contribution in [1.29, 1.82) is 0 Å². The van der Waals surface area contributed by atoms with Crippen LogP contribution in [0.5, 0.6) is 0 Å². The van der Waals surface area contributed by atoms with Crippen molar-refractivity contribution in [2.24, 2.45) is 0 Å². The molecule has 0 atom stereocenters. The molecule has 2 N–H and O–H groups in total. The van der Waals surface area contributed by atoms with Gasteiger partial charge in [-0.05, 0) is 54.7 Å². The third-order valence-electron chi connectivity index (χ3n) is 3.19. The van der Waals surface area contributed by atoms with Crippen LogP contribution in [-0.4, -0.2) is 40.8 Å². The largest absolute Gasteiger partial charge is 0.361 e. The quantitative estimate of drug-likeness (QED) is 0.401. The smallest absolute Gasteiger partial charge is 0.293 e. The number of carbonyl (C=O) groups excluding carboxylic acids is 2. The third kappa shape index (κ3) is 5.98. The van der Waals surface area contributed by atoms with Gasteiger partial charge in [-0.3, -0.25) is 14.5 Å². The molecule has 1 aliphatic rings. The van der Waals surface area contributed by atoms with Gasteiger partial charge in [-0.25, -0.2) is 0 Å². The molecule has 0 bridgehead atoms. The fraction of sp³-hybridized carbons (Fsp3) is 0.235. The minimum atomic E-state index is -0.280. The Morgan fingerprint density at radius 2 is 2.16 bits per heavy atom. The zero-order valence-corrected chi connectivity index (χ0v) is 16.9. The Morgan fingerprint density at radius 3 is 2.84 bits per heavy atom. The molecule has 0 aromatic heterocycles. The fourth-order valence-electron chi connectivity index (χ4n) is 2.02. The highest BCUT2D eigenvalue weighted by Crippen LogP contribution is 2.32. The number of hydrogen-bond donors (Lipinski definition) is 2. The zero-order chi connectivity index (χ0) is 18.4. The van der Waals surface area contributed by atoms with Gasteiger partial charge in [0.15, 0.2) is 5.11 Å².